The second kappa shape index (κ2) is 4.45. The first-order valence-electron chi connectivity index (χ1n) is 4.18. The van der Waals surface area contributed by atoms with Crippen LogP contribution in [-0.2, 0) is 9.84 Å². The lowest BCUT2D eigenvalue weighted by Crippen LogP contribution is -2.30. The van der Waals surface area contributed by atoms with Gasteiger partial charge >= 0.3 is 0 Å². The highest BCUT2D eigenvalue weighted by Crippen LogP contribution is 2.07. The van der Waals surface area contributed by atoms with Crippen LogP contribution in [0.15, 0.2) is 11.5 Å². The summed E-state index contributed by atoms with van der Waals surface area (Å²) in [5.74, 6) is 5.88. The molecule has 1 aliphatic rings. The highest BCUT2D eigenvalue weighted by atomic mass is 32.2. The Balaban J connectivity index is 2.25. The molecular weight excluding hydrogens is 186 g/mol. The number of hydrogen-bond acceptors (Lipinski definition) is 3. The van der Waals surface area contributed by atoms with E-state index >= 15 is 0 Å². The Kier molecular flexibility index (Phi) is 3.52. The van der Waals surface area contributed by atoms with E-state index in [9.17, 15) is 8.42 Å². The summed E-state index contributed by atoms with van der Waals surface area (Å²) in [5.41, 5.74) is 0. The van der Waals surface area contributed by atoms with Crippen molar-refractivity contribution in [3.63, 3.8) is 0 Å². The molecular formula is C9H13NO2S. The number of hydrogen-bond donors (Lipinski definition) is 1. The zero-order chi connectivity index (χ0) is 9.73. The van der Waals surface area contributed by atoms with E-state index in [0.717, 1.165) is 13.0 Å². The van der Waals surface area contributed by atoms with Gasteiger partial charge in [-0.25, -0.2) is 8.42 Å². The molecule has 0 radical (unpaired) electrons. The Labute approximate surface area is 79.1 Å². The van der Waals surface area contributed by atoms with Crippen molar-refractivity contribution in [1.29, 1.82) is 0 Å². The summed E-state index contributed by atoms with van der Waals surface area (Å²) >= 11 is 0. The van der Waals surface area contributed by atoms with Gasteiger partial charge in [0.05, 0.1) is 5.75 Å². The lowest BCUT2D eigenvalue weighted by molar-refractivity contribution is 0.592. The van der Waals surface area contributed by atoms with Crippen LogP contribution in [0.2, 0.25) is 0 Å². The molecule has 0 saturated carbocycles. The minimum atomic E-state index is -2.92. The molecule has 0 aromatic rings. The van der Waals surface area contributed by atoms with Crippen molar-refractivity contribution in [1.82, 2.24) is 5.32 Å². The molecule has 1 N–H and O–H groups in total. The highest BCUT2D eigenvalue weighted by molar-refractivity contribution is 7.94. The van der Waals surface area contributed by atoms with Crippen molar-refractivity contribution >= 4 is 9.84 Å². The van der Waals surface area contributed by atoms with Crippen LogP contribution in [-0.4, -0.2) is 26.8 Å². The van der Waals surface area contributed by atoms with Gasteiger partial charge in [0, 0.05) is 24.4 Å². The van der Waals surface area contributed by atoms with Crippen molar-refractivity contribution in [3.05, 3.63) is 11.5 Å². The van der Waals surface area contributed by atoms with Gasteiger partial charge in [-0.2, -0.15) is 0 Å². The standard InChI is InChI=1S/C9H13NO2S/c1-2-3-4-6-10-9-5-7-13(11,12)8-9/h5,7,9-10H,4,6,8H2,1H3. The SMILES string of the molecule is CC#CCCNC1C=CS(=O)(=O)C1. The highest BCUT2D eigenvalue weighted by Gasteiger charge is 2.20. The lowest BCUT2D eigenvalue weighted by Gasteiger charge is -2.06. The number of sulfone groups is 1. The van der Waals surface area contributed by atoms with Crippen LogP contribution >= 0.6 is 0 Å². The summed E-state index contributed by atoms with van der Waals surface area (Å²) in [6, 6.07) is -0.0244. The summed E-state index contributed by atoms with van der Waals surface area (Å²) in [7, 11) is -2.92. The minimum Gasteiger partial charge on any atom is -0.309 e. The minimum absolute atomic E-state index is 0.0244. The molecule has 0 aromatic heterocycles. The summed E-state index contributed by atoms with van der Waals surface area (Å²) in [5, 5.41) is 4.38. The Morgan fingerprint density at radius 3 is 2.92 bits per heavy atom. The molecule has 72 valence electrons. The van der Waals surface area contributed by atoms with Gasteiger partial charge in [0.15, 0.2) is 9.84 Å². The zero-order valence-electron chi connectivity index (χ0n) is 7.58. The lowest BCUT2D eigenvalue weighted by atomic mass is 10.3. The van der Waals surface area contributed by atoms with Crippen LogP contribution in [0.4, 0.5) is 0 Å². The Hall–Kier alpha value is -0.790. The van der Waals surface area contributed by atoms with E-state index in [0.29, 0.717) is 0 Å². The fraction of sp³-hybridized carbons (Fsp3) is 0.556. The van der Waals surface area contributed by atoms with E-state index in [1.165, 1.54) is 5.41 Å². The second-order valence-electron chi connectivity index (χ2n) is 2.90. The fourth-order valence-electron chi connectivity index (χ4n) is 1.15. The van der Waals surface area contributed by atoms with Gasteiger partial charge in [-0.05, 0) is 6.92 Å². The first-order chi connectivity index (χ1) is 6.14. The Bertz CT molecular complexity index is 346. The maximum atomic E-state index is 11.0. The molecule has 0 bridgehead atoms. The molecule has 4 heteroatoms. The van der Waals surface area contributed by atoms with Crippen LogP contribution in [0.1, 0.15) is 13.3 Å². The summed E-state index contributed by atoms with van der Waals surface area (Å²) in [6.07, 6.45) is 2.45. The average Bonchev–Trinajstić information content (AvgIpc) is 2.40. The van der Waals surface area contributed by atoms with E-state index in [1.54, 1.807) is 13.0 Å². The molecule has 1 rings (SSSR count). The average molecular weight is 199 g/mol. The molecule has 1 heterocycles. The molecule has 0 spiro atoms. The van der Waals surface area contributed by atoms with E-state index in [4.69, 9.17) is 0 Å². The Morgan fingerprint density at radius 2 is 2.38 bits per heavy atom. The molecule has 0 aliphatic carbocycles. The van der Waals surface area contributed by atoms with Crippen molar-refractivity contribution in [2.75, 3.05) is 12.3 Å². The molecule has 1 unspecified atom stereocenters. The largest absolute Gasteiger partial charge is 0.309 e. The summed E-state index contributed by atoms with van der Waals surface area (Å²) in [4.78, 5) is 0. The molecule has 0 saturated heterocycles. The van der Waals surface area contributed by atoms with Gasteiger partial charge in [0.2, 0.25) is 0 Å². The molecule has 1 aliphatic heterocycles. The maximum absolute atomic E-state index is 11.0. The van der Waals surface area contributed by atoms with E-state index in [-0.39, 0.29) is 11.8 Å². The molecule has 0 aromatic carbocycles. The second-order valence-corrected chi connectivity index (χ2v) is 4.83. The zero-order valence-corrected chi connectivity index (χ0v) is 8.39. The predicted molar refractivity (Wildman–Crippen MR) is 52.8 cm³/mol. The van der Waals surface area contributed by atoms with Crippen LogP contribution < -0.4 is 5.32 Å². The third kappa shape index (κ3) is 3.62. The summed E-state index contributed by atoms with van der Waals surface area (Å²) < 4.78 is 22.0. The molecule has 0 fully saturated rings. The normalized spacial score (nSPS) is 23.9. The van der Waals surface area contributed by atoms with Crippen molar-refractivity contribution in [3.8, 4) is 11.8 Å². The van der Waals surface area contributed by atoms with E-state index < -0.39 is 9.84 Å². The van der Waals surface area contributed by atoms with Crippen LogP contribution in [0.25, 0.3) is 0 Å². The third-order valence-corrected chi connectivity index (χ3v) is 3.16. The van der Waals surface area contributed by atoms with Crippen LogP contribution in [0.5, 0.6) is 0 Å². The fourth-order valence-corrected chi connectivity index (χ4v) is 2.42. The molecule has 0 amide bonds. The Morgan fingerprint density at radius 1 is 1.62 bits per heavy atom. The van der Waals surface area contributed by atoms with Crippen molar-refractivity contribution < 1.29 is 8.42 Å². The monoisotopic (exact) mass is 199 g/mol. The maximum Gasteiger partial charge on any atom is 0.173 e. The topological polar surface area (TPSA) is 46.2 Å². The predicted octanol–water partition coefficient (Wildman–Crippen LogP) is 0.300. The van der Waals surface area contributed by atoms with Crippen molar-refractivity contribution in [2.24, 2.45) is 0 Å². The number of nitrogens with one attached hydrogen (secondary N) is 1. The first-order valence-corrected chi connectivity index (χ1v) is 5.89. The van der Waals surface area contributed by atoms with Crippen LogP contribution in [0.3, 0.4) is 0 Å². The van der Waals surface area contributed by atoms with Gasteiger partial charge < -0.3 is 5.32 Å². The van der Waals surface area contributed by atoms with Gasteiger partial charge in [0.1, 0.15) is 0 Å². The van der Waals surface area contributed by atoms with Gasteiger partial charge in [-0.1, -0.05) is 6.08 Å². The first kappa shape index (κ1) is 10.3. The smallest absolute Gasteiger partial charge is 0.173 e. The van der Waals surface area contributed by atoms with Crippen molar-refractivity contribution in [2.45, 2.75) is 19.4 Å². The molecule has 1 atom stereocenters. The third-order valence-electron chi connectivity index (χ3n) is 1.76. The molecule has 3 nitrogen and oxygen atoms in total. The number of rotatable bonds is 3. The van der Waals surface area contributed by atoms with E-state index in [2.05, 4.69) is 17.2 Å². The van der Waals surface area contributed by atoms with Crippen LogP contribution in [0, 0.1) is 11.8 Å². The summed E-state index contributed by atoms with van der Waals surface area (Å²) in [6.45, 7) is 2.53. The van der Waals surface area contributed by atoms with E-state index in [1.807, 2.05) is 0 Å². The molecule has 13 heavy (non-hydrogen) atoms. The van der Waals surface area contributed by atoms with Gasteiger partial charge in [0.25, 0.3) is 0 Å². The van der Waals surface area contributed by atoms with Gasteiger partial charge in [-0.3, -0.25) is 0 Å². The van der Waals surface area contributed by atoms with Gasteiger partial charge in [-0.15, -0.1) is 11.8 Å². The quantitative estimate of drug-likeness (QED) is 0.525.